The van der Waals surface area contributed by atoms with Crippen LogP contribution < -0.4 is 10.6 Å². The number of anilines is 1. The third-order valence-electron chi connectivity index (χ3n) is 4.73. The first kappa shape index (κ1) is 15.0. The first-order valence-corrected chi connectivity index (χ1v) is 7.92. The summed E-state index contributed by atoms with van der Waals surface area (Å²) in [6.45, 7) is 0. The number of benzene rings is 1. The van der Waals surface area contributed by atoms with Gasteiger partial charge in [-0.3, -0.25) is 4.79 Å². The Morgan fingerprint density at radius 2 is 2.09 bits per heavy atom. The average Bonchev–Trinajstić information content (AvgIpc) is 2.98. The first-order chi connectivity index (χ1) is 10.7. The van der Waals surface area contributed by atoms with E-state index >= 15 is 0 Å². The van der Waals surface area contributed by atoms with Crippen LogP contribution in [0.4, 0.5) is 5.69 Å². The van der Waals surface area contributed by atoms with E-state index in [9.17, 15) is 9.59 Å². The van der Waals surface area contributed by atoms with Crippen LogP contribution in [0.3, 0.4) is 0 Å². The van der Waals surface area contributed by atoms with Gasteiger partial charge in [0.05, 0.1) is 18.7 Å². The molecule has 2 N–H and O–H groups in total. The first-order valence-electron chi connectivity index (χ1n) is 7.92. The molecule has 1 aromatic rings. The summed E-state index contributed by atoms with van der Waals surface area (Å²) in [6.07, 6.45) is 5.83. The molecule has 3 atom stereocenters. The van der Waals surface area contributed by atoms with E-state index in [-0.39, 0.29) is 11.9 Å². The van der Waals surface area contributed by atoms with Gasteiger partial charge in [-0.25, -0.2) is 4.79 Å². The number of methoxy groups -OCH3 is 1. The van der Waals surface area contributed by atoms with Crippen molar-refractivity contribution in [2.45, 2.75) is 44.2 Å². The number of hydrogen-bond acceptors (Lipinski definition) is 4. The zero-order valence-electron chi connectivity index (χ0n) is 12.8. The van der Waals surface area contributed by atoms with E-state index in [0.717, 1.165) is 6.42 Å². The number of nitrogens with one attached hydrogen (secondary N) is 2. The SMILES string of the molecule is COC(=O)c1cccc(NC(=O)C2CC3CCCCC3N2)c1. The van der Waals surface area contributed by atoms with Gasteiger partial charge in [0.2, 0.25) is 5.91 Å². The molecular weight excluding hydrogens is 280 g/mol. The monoisotopic (exact) mass is 302 g/mol. The molecule has 1 aliphatic heterocycles. The molecule has 1 saturated heterocycles. The number of carbonyl (C=O) groups is 2. The molecule has 1 heterocycles. The lowest BCUT2D eigenvalue weighted by Crippen LogP contribution is -2.39. The van der Waals surface area contributed by atoms with Crippen molar-refractivity contribution in [3.63, 3.8) is 0 Å². The van der Waals surface area contributed by atoms with Gasteiger partial charge in [-0.15, -0.1) is 0 Å². The summed E-state index contributed by atoms with van der Waals surface area (Å²) in [4.78, 5) is 24.0. The van der Waals surface area contributed by atoms with Crippen LogP contribution in [0.25, 0.3) is 0 Å². The maximum Gasteiger partial charge on any atom is 0.337 e. The standard InChI is InChI=1S/C17H22N2O3/c1-22-17(21)12-6-4-7-13(9-12)18-16(20)15-10-11-5-2-3-8-14(11)19-15/h4,6-7,9,11,14-15,19H,2-3,5,8,10H2,1H3,(H,18,20). The summed E-state index contributed by atoms with van der Waals surface area (Å²) in [5.74, 6) is 0.212. The van der Waals surface area contributed by atoms with Crippen molar-refractivity contribution in [1.82, 2.24) is 5.32 Å². The highest BCUT2D eigenvalue weighted by molar-refractivity contribution is 5.97. The van der Waals surface area contributed by atoms with E-state index in [1.165, 1.54) is 32.8 Å². The lowest BCUT2D eigenvalue weighted by atomic mass is 9.85. The molecule has 2 fully saturated rings. The number of amides is 1. The average molecular weight is 302 g/mol. The predicted octanol–water partition coefficient (Wildman–Crippen LogP) is 2.33. The van der Waals surface area contributed by atoms with Crippen molar-refractivity contribution in [1.29, 1.82) is 0 Å². The topological polar surface area (TPSA) is 67.4 Å². The van der Waals surface area contributed by atoms with Crippen molar-refractivity contribution in [2.24, 2.45) is 5.92 Å². The Kier molecular flexibility index (Phi) is 4.43. The largest absolute Gasteiger partial charge is 0.465 e. The van der Waals surface area contributed by atoms with Crippen LogP contribution in [0, 0.1) is 5.92 Å². The van der Waals surface area contributed by atoms with Crippen LogP contribution >= 0.6 is 0 Å². The van der Waals surface area contributed by atoms with Crippen molar-refractivity contribution in [2.75, 3.05) is 12.4 Å². The second-order valence-corrected chi connectivity index (χ2v) is 6.17. The molecule has 0 radical (unpaired) electrons. The second-order valence-electron chi connectivity index (χ2n) is 6.17. The Balaban J connectivity index is 1.63. The number of fused-ring (bicyclic) bond motifs is 1. The van der Waals surface area contributed by atoms with Crippen LogP contribution in [0.2, 0.25) is 0 Å². The van der Waals surface area contributed by atoms with E-state index in [1.807, 2.05) is 0 Å². The lowest BCUT2D eigenvalue weighted by Gasteiger charge is -2.24. The predicted molar refractivity (Wildman–Crippen MR) is 83.7 cm³/mol. The fourth-order valence-corrected chi connectivity index (χ4v) is 3.59. The third kappa shape index (κ3) is 3.14. The van der Waals surface area contributed by atoms with Crippen LogP contribution in [0.1, 0.15) is 42.5 Å². The summed E-state index contributed by atoms with van der Waals surface area (Å²) in [5.41, 5.74) is 1.07. The molecule has 0 aromatic heterocycles. The Labute approximate surface area is 130 Å². The lowest BCUT2D eigenvalue weighted by molar-refractivity contribution is -0.117. The van der Waals surface area contributed by atoms with Crippen LogP contribution in [-0.2, 0) is 9.53 Å². The summed E-state index contributed by atoms with van der Waals surface area (Å²) >= 11 is 0. The van der Waals surface area contributed by atoms with Gasteiger partial charge in [0.15, 0.2) is 0 Å². The van der Waals surface area contributed by atoms with Crippen molar-refractivity contribution in [3.05, 3.63) is 29.8 Å². The highest BCUT2D eigenvalue weighted by Gasteiger charge is 2.38. The minimum atomic E-state index is -0.402. The molecule has 3 unspecified atom stereocenters. The summed E-state index contributed by atoms with van der Waals surface area (Å²) in [7, 11) is 1.35. The molecule has 0 bridgehead atoms. The number of rotatable bonds is 3. The van der Waals surface area contributed by atoms with Gasteiger partial charge in [-0.05, 0) is 43.4 Å². The summed E-state index contributed by atoms with van der Waals surface area (Å²) in [5, 5.41) is 6.36. The van der Waals surface area contributed by atoms with Crippen molar-refractivity contribution in [3.8, 4) is 0 Å². The third-order valence-corrected chi connectivity index (χ3v) is 4.73. The molecule has 1 amide bonds. The van der Waals surface area contributed by atoms with E-state index in [4.69, 9.17) is 4.74 Å². The molecule has 1 aliphatic carbocycles. The van der Waals surface area contributed by atoms with Gasteiger partial charge in [0, 0.05) is 11.7 Å². The Morgan fingerprint density at radius 1 is 1.27 bits per heavy atom. The molecule has 5 nitrogen and oxygen atoms in total. The fourth-order valence-electron chi connectivity index (χ4n) is 3.59. The quantitative estimate of drug-likeness (QED) is 0.841. The van der Waals surface area contributed by atoms with Crippen LogP contribution in [0.15, 0.2) is 24.3 Å². The number of carbonyl (C=O) groups excluding carboxylic acids is 2. The normalized spacial score (nSPS) is 27.0. The second kappa shape index (κ2) is 6.48. The smallest absolute Gasteiger partial charge is 0.337 e. The van der Waals surface area contributed by atoms with Gasteiger partial charge in [0.1, 0.15) is 0 Å². The number of esters is 1. The highest BCUT2D eigenvalue weighted by atomic mass is 16.5. The summed E-state index contributed by atoms with van der Waals surface area (Å²) in [6, 6.07) is 7.20. The maximum atomic E-state index is 12.4. The van der Waals surface area contributed by atoms with E-state index in [1.54, 1.807) is 24.3 Å². The highest BCUT2D eigenvalue weighted by Crippen LogP contribution is 2.33. The molecule has 22 heavy (non-hydrogen) atoms. The minimum absolute atomic E-state index is 0.0172. The Bertz CT molecular complexity index is 559. The molecular formula is C17H22N2O3. The Morgan fingerprint density at radius 3 is 2.86 bits per heavy atom. The number of hydrogen-bond donors (Lipinski definition) is 2. The Hall–Kier alpha value is -1.88. The zero-order chi connectivity index (χ0) is 15.5. The minimum Gasteiger partial charge on any atom is -0.465 e. The molecule has 118 valence electrons. The van der Waals surface area contributed by atoms with E-state index in [0.29, 0.717) is 23.2 Å². The van der Waals surface area contributed by atoms with Gasteiger partial charge in [-0.1, -0.05) is 18.9 Å². The van der Waals surface area contributed by atoms with E-state index in [2.05, 4.69) is 10.6 Å². The van der Waals surface area contributed by atoms with E-state index < -0.39 is 5.97 Å². The fraction of sp³-hybridized carbons (Fsp3) is 0.529. The molecule has 2 aliphatic rings. The molecule has 1 aromatic carbocycles. The van der Waals surface area contributed by atoms with Crippen LogP contribution in [-0.4, -0.2) is 31.1 Å². The van der Waals surface area contributed by atoms with Gasteiger partial charge in [-0.2, -0.15) is 0 Å². The van der Waals surface area contributed by atoms with Gasteiger partial charge in [0.25, 0.3) is 0 Å². The maximum absolute atomic E-state index is 12.4. The van der Waals surface area contributed by atoms with Crippen molar-refractivity contribution >= 4 is 17.6 Å². The van der Waals surface area contributed by atoms with Gasteiger partial charge < -0.3 is 15.4 Å². The van der Waals surface area contributed by atoms with Crippen LogP contribution in [0.5, 0.6) is 0 Å². The number of ether oxygens (including phenoxy) is 1. The summed E-state index contributed by atoms with van der Waals surface area (Å²) < 4.78 is 4.70. The molecule has 1 saturated carbocycles. The van der Waals surface area contributed by atoms with Gasteiger partial charge >= 0.3 is 5.97 Å². The molecule has 5 heteroatoms. The molecule has 3 rings (SSSR count). The zero-order valence-corrected chi connectivity index (χ0v) is 12.8. The molecule has 0 spiro atoms. The van der Waals surface area contributed by atoms with Crippen molar-refractivity contribution < 1.29 is 14.3 Å².